The minimum atomic E-state index is -1.58. The Morgan fingerprint density at radius 1 is 1.43 bits per heavy atom. The van der Waals surface area contributed by atoms with Gasteiger partial charge >= 0.3 is 5.97 Å². The Hall–Kier alpha value is -2.26. The second kappa shape index (κ2) is 5.74. The number of hydrogen-bond donors (Lipinski definition) is 3. The highest BCUT2D eigenvalue weighted by molar-refractivity contribution is 8.00. The van der Waals surface area contributed by atoms with Crippen molar-refractivity contribution in [1.29, 1.82) is 0 Å². The van der Waals surface area contributed by atoms with Gasteiger partial charge in [0.2, 0.25) is 0 Å². The van der Waals surface area contributed by atoms with Crippen molar-refractivity contribution < 1.29 is 24.2 Å². The maximum atomic E-state index is 12.2. The van der Waals surface area contributed by atoms with E-state index in [-0.39, 0.29) is 12.4 Å². The van der Waals surface area contributed by atoms with E-state index in [0.29, 0.717) is 5.75 Å². The number of amides is 2. The number of aliphatic carboxylic acids is 1. The molecule has 8 nitrogen and oxygen atoms in total. The maximum Gasteiger partial charge on any atom is 0.327 e. The number of nitrogens with one attached hydrogen (secondary N) is 1. The number of nitrogens with two attached hydrogens (primary N) is 1. The molecule has 2 saturated heterocycles. The number of hydrogen-bond acceptors (Lipinski definition) is 6. The summed E-state index contributed by atoms with van der Waals surface area (Å²) in [5.41, 5.74) is 4.39. The van der Waals surface area contributed by atoms with E-state index in [0.717, 1.165) is 0 Å². The molecule has 3 atom stereocenters. The summed E-state index contributed by atoms with van der Waals surface area (Å²) < 4.78 is 5.29. The van der Waals surface area contributed by atoms with Crippen molar-refractivity contribution in [3.05, 3.63) is 30.3 Å². The normalized spacial score (nSPS) is 28.7. The predicted octanol–water partition coefficient (Wildman–Crippen LogP) is -0.795. The maximum absolute atomic E-state index is 12.2. The van der Waals surface area contributed by atoms with Gasteiger partial charge in [0.15, 0.2) is 12.3 Å². The topological polar surface area (TPSA) is 122 Å². The molecule has 2 heterocycles. The Morgan fingerprint density at radius 2 is 2.13 bits per heavy atom. The van der Waals surface area contributed by atoms with Crippen LogP contribution in [0.4, 0.5) is 0 Å². The van der Waals surface area contributed by atoms with Crippen LogP contribution in [0.1, 0.15) is 0 Å². The van der Waals surface area contributed by atoms with Crippen LogP contribution in [0.5, 0.6) is 5.75 Å². The third-order valence-corrected chi connectivity index (χ3v) is 5.15. The highest BCUT2D eigenvalue weighted by Gasteiger charge is 2.66. The Labute approximate surface area is 136 Å². The Bertz CT molecular complexity index is 655. The lowest BCUT2D eigenvalue weighted by Gasteiger charge is -2.50. The molecule has 23 heavy (non-hydrogen) atoms. The summed E-state index contributed by atoms with van der Waals surface area (Å²) >= 11 is 1.24. The number of β-lactam (4-membered cyclic amide) rings is 1. The van der Waals surface area contributed by atoms with Crippen LogP contribution < -0.4 is 15.8 Å². The standard InChI is InChI=1S/C14H15N3O5S/c15-14(12(21)17-9(11(19)20)7-23-13(14)17)16-10(18)6-22-8-4-2-1-3-5-8/h1-5,9,13H,6-7,15H2,(H,16,18)(H,19,20)/t9?,13-,14+/m0/s1. The van der Waals surface area contributed by atoms with Crippen molar-refractivity contribution in [2.75, 3.05) is 12.4 Å². The van der Waals surface area contributed by atoms with Crippen LogP contribution in [-0.2, 0) is 14.4 Å². The second-order valence-electron chi connectivity index (χ2n) is 5.27. The number of thioether (sulfide) groups is 1. The molecule has 0 radical (unpaired) electrons. The van der Waals surface area contributed by atoms with Crippen molar-refractivity contribution in [1.82, 2.24) is 10.2 Å². The zero-order chi connectivity index (χ0) is 16.6. The molecule has 1 unspecified atom stereocenters. The first-order chi connectivity index (χ1) is 10.9. The lowest BCUT2D eigenvalue weighted by molar-refractivity contribution is -0.167. The molecule has 0 saturated carbocycles. The van der Waals surface area contributed by atoms with Gasteiger partial charge in [-0.2, -0.15) is 0 Å². The van der Waals surface area contributed by atoms with Crippen LogP contribution in [-0.4, -0.2) is 57.2 Å². The van der Waals surface area contributed by atoms with E-state index in [2.05, 4.69) is 5.32 Å². The summed E-state index contributed by atoms with van der Waals surface area (Å²) in [6.45, 7) is -0.282. The second-order valence-corrected chi connectivity index (χ2v) is 6.38. The Kier molecular flexibility index (Phi) is 3.90. The first-order valence-electron chi connectivity index (χ1n) is 6.88. The van der Waals surface area contributed by atoms with Crippen LogP contribution >= 0.6 is 11.8 Å². The van der Waals surface area contributed by atoms with Crippen molar-refractivity contribution in [3.63, 3.8) is 0 Å². The molecule has 1 aromatic carbocycles. The van der Waals surface area contributed by atoms with Gasteiger partial charge in [0.1, 0.15) is 17.2 Å². The molecule has 0 aliphatic carbocycles. The fraction of sp³-hybridized carbons (Fsp3) is 0.357. The van der Waals surface area contributed by atoms with Crippen LogP contribution in [0.15, 0.2) is 30.3 Å². The fourth-order valence-corrected chi connectivity index (χ4v) is 4.09. The third kappa shape index (κ3) is 2.62. The van der Waals surface area contributed by atoms with E-state index in [1.165, 1.54) is 16.7 Å². The number of benzene rings is 1. The van der Waals surface area contributed by atoms with Crippen LogP contribution in [0.25, 0.3) is 0 Å². The van der Waals surface area contributed by atoms with Gasteiger partial charge < -0.3 is 20.1 Å². The molecule has 1 aromatic rings. The first-order valence-corrected chi connectivity index (χ1v) is 7.93. The highest BCUT2D eigenvalue weighted by atomic mass is 32.2. The van der Waals surface area contributed by atoms with Gasteiger partial charge in [-0.3, -0.25) is 15.3 Å². The quantitative estimate of drug-likeness (QED) is 0.475. The largest absolute Gasteiger partial charge is 0.484 e. The van der Waals surface area contributed by atoms with Gasteiger partial charge in [0.05, 0.1) is 0 Å². The third-order valence-electron chi connectivity index (χ3n) is 3.72. The van der Waals surface area contributed by atoms with Gasteiger partial charge in [-0.1, -0.05) is 18.2 Å². The summed E-state index contributed by atoms with van der Waals surface area (Å²) in [6, 6.07) is 7.86. The minimum Gasteiger partial charge on any atom is -0.484 e. The molecule has 2 aliphatic heterocycles. The van der Waals surface area contributed by atoms with E-state index in [9.17, 15) is 14.4 Å². The van der Waals surface area contributed by atoms with Gasteiger partial charge in [-0.05, 0) is 12.1 Å². The smallest absolute Gasteiger partial charge is 0.327 e. The lowest BCUT2D eigenvalue weighted by Crippen LogP contribution is -2.83. The number of rotatable bonds is 5. The number of carbonyl (C=O) groups is 3. The molecule has 0 spiro atoms. The molecule has 2 amide bonds. The van der Waals surface area contributed by atoms with Gasteiger partial charge in [0, 0.05) is 5.75 Å². The molecule has 9 heteroatoms. The number of para-hydroxylation sites is 1. The average molecular weight is 337 g/mol. The lowest BCUT2D eigenvalue weighted by atomic mass is 9.97. The van der Waals surface area contributed by atoms with Crippen molar-refractivity contribution in [2.24, 2.45) is 5.73 Å². The monoisotopic (exact) mass is 337 g/mol. The summed E-state index contributed by atoms with van der Waals surface area (Å²) in [5.74, 6) is -1.43. The van der Waals surface area contributed by atoms with Crippen molar-refractivity contribution >= 4 is 29.5 Å². The minimum absolute atomic E-state index is 0.251. The predicted molar refractivity (Wildman–Crippen MR) is 81.5 cm³/mol. The number of carboxylic acids is 1. The van der Waals surface area contributed by atoms with E-state index in [1.807, 2.05) is 6.07 Å². The van der Waals surface area contributed by atoms with E-state index in [4.69, 9.17) is 15.6 Å². The molecular formula is C14H15N3O5S. The zero-order valence-corrected chi connectivity index (χ0v) is 12.8. The molecule has 0 aromatic heterocycles. The van der Waals surface area contributed by atoms with Gasteiger partial charge in [0.25, 0.3) is 11.8 Å². The number of carboxylic acid groups (broad SMARTS) is 1. The number of ether oxygens (including phenoxy) is 1. The summed E-state index contributed by atoms with van der Waals surface area (Å²) in [6.07, 6.45) is 0. The first kappa shape index (κ1) is 15.6. The molecule has 2 aliphatic rings. The van der Waals surface area contributed by atoms with Crippen molar-refractivity contribution in [3.8, 4) is 5.75 Å². The molecule has 4 N–H and O–H groups in total. The fourth-order valence-electron chi connectivity index (χ4n) is 2.60. The average Bonchev–Trinajstić information content (AvgIpc) is 2.96. The zero-order valence-electron chi connectivity index (χ0n) is 12.0. The van der Waals surface area contributed by atoms with Crippen LogP contribution in [0.3, 0.4) is 0 Å². The van der Waals surface area contributed by atoms with E-state index < -0.39 is 34.9 Å². The summed E-state index contributed by atoms with van der Waals surface area (Å²) in [7, 11) is 0. The Balaban J connectivity index is 1.59. The summed E-state index contributed by atoms with van der Waals surface area (Å²) in [5, 5.41) is 10.9. The molecule has 2 fully saturated rings. The SMILES string of the molecule is N[C@@]1(NC(=O)COc2ccccc2)C(=O)N2C(C(=O)O)CS[C@H]21. The van der Waals surface area contributed by atoms with Crippen molar-refractivity contribution in [2.45, 2.75) is 17.1 Å². The molecule has 122 valence electrons. The highest BCUT2D eigenvalue weighted by Crippen LogP contribution is 2.43. The number of carbonyl (C=O) groups excluding carboxylic acids is 2. The molecule has 0 bridgehead atoms. The number of fused-ring (bicyclic) bond motifs is 1. The molecular weight excluding hydrogens is 322 g/mol. The Morgan fingerprint density at radius 3 is 2.78 bits per heavy atom. The number of nitrogens with zero attached hydrogens (tertiary/aromatic N) is 1. The van der Waals surface area contributed by atoms with E-state index >= 15 is 0 Å². The molecule has 3 rings (SSSR count). The summed E-state index contributed by atoms with van der Waals surface area (Å²) in [4.78, 5) is 36.4. The van der Waals surface area contributed by atoms with Crippen LogP contribution in [0.2, 0.25) is 0 Å². The van der Waals surface area contributed by atoms with Gasteiger partial charge in [-0.15, -0.1) is 11.8 Å². The van der Waals surface area contributed by atoms with Gasteiger partial charge in [-0.25, -0.2) is 4.79 Å². The van der Waals surface area contributed by atoms with Crippen LogP contribution in [0, 0.1) is 0 Å². The van der Waals surface area contributed by atoms with E-state index in [1.54, 1.807) is 24.3 Å².